The summed E-state index contributed by atoms with van der Waals surface area (Å²) in [5.41, 5.74) is 0.810. The average molecular weight is 248 g/mol. The van der Waals surface area contributed by atoms with Gasteiger partial charge in [0.05, 0.1) is 11.8 Å². The van der Waals surface area contributed by atoms with Crippen molar-refractivity contribution < 1.29 is 4.79 Å². The topological polar surface area (TPSA) is 34.9 Å². The molecule has 0 N–H and O–H groups in total. The lowest BCUT2D eigenvalue weighted by Gasteiger charge is -2.27. The number of aryl methyl sites for hydroxylation is 1. The van der Waals surface area contributed by atoms with Gasteiger partial charge in [0, 0.05) is 18.7 Å². The highest BCUT2D eigenvalue weighted by atomic mass is 16.1. The monoisotopic (exact) mass is 248 g/mol. The predicted octanol–water partition coefficient (Wildman–Crippen LogP) is 3.69. The van der Waals surface area contributed by atoms with Crippen LogP contribution in [0.1, 0.15) is 62.7 Å². The molecule has 1 fully saturated rings. The van der Waals surface area contributed by atoms with Gasteiger partial charge < -0.3 is 0 Å². The summed E-state index contributed by atoms with van der Waals surface area (Å²) in [6.07, 6.45) is 10.6. The van der Waals surface area contributed by atoms with Gasteiger partial charge >= 0.3 is 0 Å². The second kappa shape index (κ2) is 6.17. The molecule has 100 valence electrons. The molecule has 0 bridgehead atoms. The van der Waals surface area contributed by atoms with E-state index in [9.17, 15) is 4.79 Å². The van der Waals surface area contributed by atoms with Gasteiger partial charge in [-0.2, -0.15) is 5.10 Å². The zero-order valence-electron chi connectivity index (χ0n) is 11.6. The van der Waals surface area contributed by atoms with Crippen LogP contribution in [0, 0.1) is 11.8 Å². The molecule has 3 nitrogen and oxygen atoms in total. The van der Waals surface area contributed by atoms with E-state index < -0.39 is 0 Å². The fraction of sp³-hybridized carbons (Fsp3) is 0.733. The summed E-state index contributed by atoms with van der Waals surface area (Å²) in [5.74, 6) is 1.30. The predicted molar refractivity (Wildman–Crippen MR) is 72.6 cm³/mol. The van der Waals surface area contributed by atoms with E-state index in [1.807, 2.05) is 10.9 Å². The minimum atomic E-state index is 0.239. The van der Waals surface area contributed by atoms with Crippen LogP contribution in [0.3, 0.4) is 0 Å². The third-order valence-corrected chi connectivity index (χ3v) is 4.10. The van der Waals surface area contributed by atoms with Gasteiger partial charge in [0.25, 0.3) is 0 Å². The van der Waals surface area contributed by atoms with Crippen LogP contribution >= 0.6 is 0 Å². The molecular weight excluding hydrogens is 224 g/mol. The maximum Gasteiger partial charge on any atom is 0.169 e. The van der Waals surface area contributed by atoms with E-state index in [0.29, 0.717) is 5.78 Å². The molecule has 1 aromatic rings. The maximum absolute atomic E-state index is 12.4. The Bertz CT molecular complexity index is 397. The van der Waals surface area contributed by atoms with Gasteiger partial charge in [-0.05, 0) is 25.2 Å². The van der Waals surface area contributed by atoms with Crippen molar-refractivity contribution in [2.75, 3.05) is 0 Å². The highest BCUT2D eigenvalue weighted by Crippen LogP contribution is 2.32. The lowest BCUT2D eigenvalue weighted by atomic mass is 9.77. The fourth-order valence-corrected chi connectivity index (χ4v) is 2.98. The summed E-state index contributed by atoms with van der Waals surface area (Å²) in [5, 5.41) is 4.26. The second-order valence-corrected chi connectivity index (χ2v) is 5.49. The number of nitrogens with zero attached hydrogens (tertiary/aromatic N) is 2. The van der Waals surface area contributed by atoms with Crippen LogP contribution in [-0.4, -0.2) is 15.6 Å². The Morgan fingerprint density at radius 3 is 3.00 bits per heavy atom. The third kappa shape index (κ3) is 3.01. The first kappa shape index (κ1) is 13.3. The van der Waals surface area contributed by atoms with Crippen molar-refractivity contribution >= 4 is 5.78 Å². The smallest absolute Gasteiger partial charge is 0.169 e. The molecule has 1 saturated carbocycles. The molecule has 0 amide bonds. The Morgan fingerprint density at radius 2 is 2.28 bits per heavy atom. The molecule has 0 spiro atoms. The summed E-state index contributed by atoms with van der Waals surface area (Å²) in [6, 6.07) is 0. The Hall–Kier alpha value is -1.12. The van der Waals surface area contributed by atoms with Gasteiger partial charge in [0.15, 0.2) is 5.78 Å². The van der Waals surface area contributed by atoms with Crippen LogP contribution in [0.5, 0.6) is 0 Å². The molecule has 0 radical (unpaired) electrons. The van der Waals surface area contributed by atoms with Crippen LogP contribution in [0.4, 0.5) is 0 Å². The van der Waals surface area contributed by atoms with Gasteiger partial charge in [0.1, 0.15) is 0 Å². The lowest BCUT2D eigenvalue weighted by molar-refractivity contribution is 0.0862. The highest BCUT2D eigenvalue weighted by Gasteiger charge is 2.27. The first-order chi connectivity index (χ1) is 8.74. The molecular formula is C15H24N2O. The molecule has 2 rings (SSSR count). The van der Waals surface area contributed by atoms with Crippen molar-refractivity contribution in [1.82, 2.24) is 9.78 Å². The number of ketones is 1. The van der Waals surface area contributed by atoms with Gasteiger partial charge in [-0.3, -0.25) is 9.48 Å². The number of aromatic nitrogens is 2. The van der Waals surface area contributed by atoms with Gasteiger partial charge in [-0.1, -0.05) is 33.1 Å². The van der Waals surface area contributed by atoms with E-state index in [1.54, 1.807) is 6.20 Å². The molecule has 1 aromatic heterocycles. The number of rotatable bonds is 5. The Morgan fingerprint density at radius 1 is 1.44 bits per heavy atom. The molecule has 0 aromatic carbocycles. The standard InChI is InChI=1S/C15H24N2O/c1-3-8-17-11-14(10-16-17)15(18)13-7-5-6-12(4-2)9-13/h10-13H,3-9H2,1-2H3. The first-order valence-electron chi connectivity index (χ1n) is 7.31. The summed E-state index contributed by atoms with van der Waals surface area (Å²) >= 11 is 0. The van der Waals surface area contributed by atoms with Gasteiger partial charge in [-0.25, -0.2) is 0 Å². The molecule has 18 heavy (non-hydrogen) atoms. The van der Waals surface area contributed by atoms with Crippen LogP contribution in [0.25, 0.3) is 0 Å². The first-order valence-corrected chi connectivity index (χ1v) is 7.31. The van der Waals surface area contributed by atoms with Gasteiger partial charge in [0.2, 0.25) is 0 Å². The quantitative estimate of drug-likeness (QED) is 0.745. The number of carbonyl (C=O) groups is 1. The van der Waals surface area contributed by atoms with E-state index in [2.05, 4.69) is 18.9 Å². The molecule has 1 aliphatic carbocycles. The summed E-state index contributed by atoms with van der Waals surface area (Å²) < 4.78 is 1.88. The van der Waals surface area contributed by atoms with Crippen molar-refractivity contribution in [3.63, 3.8) is 0 Å². The minimum absolute atomic E-state index is 0.239. The van der Waals surface area contributed by atoms with Crippen molar-refractivity contribution in [3.8, 4) is 0 Å². The summed E-state index contributed by atoms with van der Waals surface area (Å²) in [6.45, 7) is 5.25. The van der Waals surface area contributed by atoms with Crippen LogP contribution < -0.4 is 0 Å². The molecule has 1 heterocycles. The Labute approximate surface area is 110 Å². The van der Waals surface area contributed by atoms with E-state index in [-0.39, 0.29) is 5.92 Å². The summed E-state index contributed by atoms with van der Waals surface area (Å²) in [4.78, 5) is 12.4. The van der Waals surface area contributed by atoms with Crippen LogP contribution in [0.15, 0.2) is 12.4 Å². The zero-order chi connectivity index (χ0) is 13.0. The van der Waals surface area contributed by atoms with Crippen molar-refractivity contribution in [1.29, 1.82) is 0 Å². The van der Waals surface area contributed by atoms with E-state index in [4.69, 9.17) is 0 Å². The van der Waals surface area contributed by atoms with Gasteiger partial charge in [-0.15, -0.1) is 0 Å². The maximum atomic E-state index is 12.4. The fourth-order valence-electron chi connectivity index (χ4n) is 2.98. The molecule has 3 heteroatoms. The SMILES string of the molecule is CCCn1cc(C(=O)C2CCCC(CC)C2)cn1. The molecule has 1 aliphatic rings. The van der Waals surface area contributed by atoms with E-state index in [0.717, 1.165) is 37.3 Å². The highest BCUT2D eigenvalue weighted by molar-refractivity contribution is 5.97. The average Bonchev–Trinajstić information content (AvgIpc) is 2.87. The zero-order valence-corrected chi connectivity index (χ0v) is 11.6. The molecule has 0 aliphatic heterocycles. The van der Waals surface area contributed by atoms with Crippen molar-refractivity contribution in [2.24, 2.45) is 11.8 Å². The molecule has 2 atom stereocenters. The number of hydrogen-bond donors (Lipinski definition) is 0. The molecule has 2 unspecified atom stereocenters. The van der Waals surface area contributed by atoms with Crippen molar-refractivity contribution in [3.05, 3.63) is 18.0 Å². The van der Waals surface area contributed by atoms with E-state index in [1.165, 1.54) is 19.3 Å². The number of Topliss-reactive ketones (excluding diaryl/α,β-unsaturated/α-hetero) is 1. The normalized spacial score (nSPS) is 24.1. The van der Waals surface area contributed by atoms with E-state index >= 15 is 0 Å². The largest absolute Gasteiger partial charge is 0.294 e. The Balaban J connectivity index is 2.00. The second-order valence-electron chi connectivity index (χ2n) is 5.49. The van der Waals surface area contributed by atoms with Crippen molar-refractivity contribution in [2.45, 2.75) is 58.9 Å². The van der Waals surface area contributed by atoms with Crippen LogP contribution in [-0.2, 0) is 6.54 Å². The van der Waals surface area contributed by atoms with Crippen LogP contribution in [0.2, 0.25) is 0 Å². The lowest BCUT2D eigenvalue weighted by Crippen LogP contribution is -2.22. The number of hydrogen-bond acceptors (Lipinski definition) is 2. The molecule has 0 saturated heterocycles. The minimum Gasteiger partial charge on any atom is -0.294 e. The number of carbonyl (C=O) groups excluding carboxylic acids is 1. The third-order valence-electron chi connectivity index (χ3n) is 4.10. The summed E-state index contributed by atoms with van der Waals surface area (Å²) in [7, 11) is 0. The Kier molecular flexibility index (Phi) is 4.56.